The molecule has 0 aliphatic heterocycles. The van der Waals surface area contributed by atoms with Crippen LogP contribution in [0.5, 0.6) is 0 Å². The first-order valence-electron chi connectivity index (χ1n) is 7.36. The molecule has 104 valence electrons. The molecule has 0 heterocycles. The first-order valence-corrected chi connectivity index (χ1v) is 8.15. The Morgan fingerprint density at radius 2 is 2.00 bits per heavy atom. The number of aryl methyl sites for hydroxylation is 1. The molecule has 2 fully saturated rings. The number of fused-ring (bicyclic) bond motifs is 2. The minimum Gasteiger partial charge on any atom is -0.380 e. The van der Waals surface area contributed by atoms with Crippen molar-refractivity contribution in [1.82, 2.24) is 0 Å². The van der Waals surface area contributed by atoms with Crippen molar-refractivity contribution in [3.05, 3.63) is 28.2 Å². The molecule has 2 bridgehead atoms. The molecule has 1 N–H and O–H groups in total. The summed E-state index contributed by atoms with van der Waals surface area (Å²) in [4.78, 5) is 0. The number of halogens is 1. The number of hydrogen-bond acceptors (Lipinski definition) is 1. The van der Waals surface area contributed by atoms with Crippen molar-refractivity contribution in [3.8, 4) is 0 Å². The van der Waals surface area contributed by atoms with Gasteiger partial charge in [-0.15, -0.1) is 0 Å². The topological polar surface area (TPSA) is 12.0 Å². The normalized spacial score (nSPS) is 35.6. The minimum atomic E-state index is 0.399. The van der Waals surface area contributed by atoms with Gasteiger partial charge in [0, 0.05) is 16.2 Å². The third kappa shape index (κ3) is 1.94. The summed E-state index contributed by atoms with van der Waals surface area (Å²) in [6.07, 6.45) is 4.18. The molecule has 0 amide bonds. The van der Waals surface area contributed by atoms with E-state index in [9.17, 15) is 0 Å². The summed E-state index contributed by atoms with van der Waals surface area (Å²) in [5.41, 5.74) is 3.43. The molecule has 1 aromatic carbocycles. The smallest absolute Gasteiger partial charge is 0.0489 e. The quantitative estimate of drug-likeness (QED) is 0.770. The van der Waals surface area contributed by atoms with Gasteiger partial charge in [0.05, 0.1) is 0 Å². The second-order valence-corrected chi connectivity index (χ2v) is 8.22. The molecule has 19 heavy (non-hydrogen) atoms. The van der Waals surface area contributed by atoms with Gasteiger partial charge in [-0.1, -0.05) is 32.9 Å². The average molecular weight is 322 g/mol. The fraction of sp³-hybridized carbons (Fsp3) is 0.647. The molecule has 2 saturated carbocycles. The highest BCUT2D eigenvalue weighted by atomic mass is 79.9. The molecule has 0 saturated heterocycles. The van der Waals surface area contributed by atoms with Crippen molar-refractivity contribution < 1.29 is 0 Å². The van der Waals surface area contributed by atoms with Crippen LogP contribution in [0.1, 0.15) is 45.6 Å². The fourth-order valence-corrected chi connectivity index (χ4v) is 4.96. The van der Waals surface area contributed by atoms with Gasteiger partial charge in [-0.2, -0.15) is 0 Å². The molecule has 0 spiro atoms. The van der Waals surface area contributed by atoms with Gasteiger partial charge < -0.3 is 5.32 Å². The summed E-state index contributed by atoms with van der Waals surface area (Å²) >= 11 is 3.73. The second kappa shape index (κ2) is 4.25. The summed E-state index contributed by atoms with van der Waals surface area (Å²) in [7, 11) is 0. The maximum absolute atomic E-state index is 3.87. The third-order valence-electron chi connectivity index (χ3n) is 5.76. The lowest BCUT2D eigenvalue weighted by atomic mass is 9.68. The van der Waals surface area contributed by atoms with E-state index in [0.717, 1.165) is 5.92 Å². The molecule has 3 atom stereocenters. The van der Waals surface area contributed by atoms with Crippen LogP contribution in [0.2, 0.25) is 0 Å². The number of rotatable bonds is 2. The predicted octanol–water partition coefficient (Wildman–Crippen LogP) is 5.38. The van der Waals surface area contributed by atoms with Gasteiger partial charge in [0.25, 0.3) is 0 Å². The molecule has 0 aromatic heterocycles. The molecule has 1 unspecified atom stereocenters. The molecule has 1 nitrogen and oxygen atoms in total. The third-order valence-corrected chi connectivity index (χ3v) is 6.81. The first-order chi connectivity index (χ1) is 8.84. The van der Waals surface area contributed by atoms with Gasteiger partial charge in [-0.05, 0) is 70.5 Å². The van der Waals surface area contributed by atoms with Crippen molar-refractivity contribution >= 4 is 21.6 Å². The van der Waals surface area contributed by atoms with Crippen LogP contribution in [-0.2, 0) is 0 Å². The van der Waals surface area contributed by atoms with Gasteiger partial charge >= 0.3 is 0 Å². The van der Waals surface area contributed by atoms with E-state index in [-0.39, 0.29) is 0 Å². The van der Waals surface area contributed by atoms with Gasteiger partial charge in [0.2, 0.25) is 0 Å². The van der Waals surface area contributed by atoms with Crippen LogP contribution in [-0.4, -0.2) is 6.04 Å². The van der Waals surface area contributed by atoms with Gasteiger partial charge in [-0.25, -0.2) is 0 Å². The van der Waals surface area contributed by atoms with E-state index in [4.69, 9.17) is 0 Å². The average Bonchev–Trinajstić information content (AvgIpc) is 2.81. The van der Waals surface area contributed by atoms with E-state index in [2.05, 4.69) is 67.1 Å². The number of anilines is 1. The Labute approximate surface area is 125 Å². The van der Waals surface area contributed by atoms with Crippen molar-refractivity contribution in [2.75, 3.05) is 5.32 Å². The zero-order valence-electron chi connectivity index (χ0n) is 12.4. The van der Waals surface area contributed by atoms with Crippen LogP contribution < -0.4 is 5.32 Å². The summed E-state index contributed by atoms with van der Waals surface area (Å²) in [6.45, 7) is 9.53. The predicted molar refractivity (Wildman–Crippen MR) is 85.5 cm³/mol. The first kappa shape index (κ1) is 13.5. The lowest BCUT2D eigenvalue weighted by Crippen LogP contribution is -2.45. The van der Waals surface area contributed by atoms with E-state index in [1.807, 2.05) is 0 Å². The molecule has 2 aliphatic carbocycles. The molecule has 0 radical (unpaired) electrons. The van der Waals surface area contributed by atoms with Crippen molar-refractivity contribution in [2.45, 2.75) is 53.0 Å². The Bertz CT molecular complexity index is 503. The van der Waals surface area contributed by atoms with Gasteiger partial charge in [0.15, 0.2) is 0 Å². The lowest BCUT2D eigenvalue weighted by Gasteiger charge is -2.44. The van der Waals surface area contributed by atoms with Crippen molar-refractivity contribution in [1.29, 1.82) is 0 Å². The Balaban J connectivity index is 1.93. The van der Waals surface area contributed by atoms with Crippen LogP contribution in [0, 0.1) is 23.7 Å². The molecular formula is C17H24BrN. The Kier molecular flexibility index (Phi) is 3.01. The lowest BCUT2D eigenvalue weighted by molar-refractivity contribution is 0.155. The largest absolute Gasteiger partial charge is 0.380 e. The maximum atomic E-state index is 3.87. The SMILES string of the molecule is Cc1cccc(NC2C(C)(C)[C@H]3CC[C@]2(C)C3)c1Br. The molecular weight excluding hydrogens is 298 g/mol. The monoisotopic (exact) mass is 321 g/mol. The van der Waals surface area contributed by atoms with Crippen LogP contribution in [0.4, 0.5) is 5.69 Å². The zero-order valence-corrected chi connectivity index (χ0v) is 14.0. The molecule has 2 heteroatoms. The van der Waals surface area contributed by atoms with Crippen LogP contribution in [0.15, 0.2) is 22.7 Å². The number of benzene rings is 1. The number of hydrogen-bond donors (Lipinski definition) is 1. The van der Waals surface area contributed by atoms with E-state index < -0.39 is 0 Å². The summed E-state index contributed by atoms with van der Waals surface area (Å²) in [5, 5.41) is 3.87. The highest BCUT2D eigenvalue weighted by Gasteiger charge is 2.59. The maximum Gasteiger partial charge on any atom is 0.0489 e. The second-order valence-electron chi connectivity index (χ2n) is 7.43. The van der Waals surface area contributed by atoms with Gasteiger partial charge in [0.1, 0.15) is 0 Å². The standard InChI is InChI=1S/C17H24BrN/c1-11-6-5-7-13(14(11)18)19-15-16(2,3)12-8-9-17(15,4)10-12/h5-7,12,15,19H,8-10H2,1-4H3/t12-,15?,17+/m0/s1. The van der Waals surface area contributed by atoms with E-state index in [0.29, 0.717) is 16.9 Å². The van der Waals surface area contributed by atoms with E-state index in [1.54, 1.807) is 0 Å². The van der Waals surface area contributed by atoms with Crippen LogP contribution >= 0.6 is 15.9 Å². The van der Waals surface area contributed by atoms with Crippen molar-refractivity contribution in [3.63, 3.8) is 0 Å². The van der Waals surface area contributed by atoms with Gasteiger partial charge in [-0.3, -0.25) is 0 Å². The van der Waals surface area contributed by atoms with E-state index >= 15 is 0 Å². The fourth-order valence-electron chi connectivity index (χ4n) is 4.58. The highest BCUT2D eigenvalue weighted by molar-refractivity contribution is 9.10. The van der Waals surface area contributed by atoms with Crippen LogP contribution in [0.3, 0.4) is 0 Å². The van der Waals surface area contributed by atoms with Crippen LogP contribution in [0.25, 0.3) is 0 Å². The van der Waals surface area contributed by atoms with Crippen molar-refractivity contribution in [2.24, 2.45) is 16.7 Å². The molecule has 2 aliphatic rings. The minimum absolute atomic E-state index is 0.399. The highest BCUT2D eigenvalue weighted by Crippen LogP contribution is 2.63. The Hall–Kier alpha value is -0.500. The zero-order chi connectivity index (χ0) is 13.8. The molecule has 1 aromatic rings. The summed E-state index contributed by atoms with van der Waals surface area (Å²) < 4.78 is 1.22. The molecule has 3 rings (SSSR count). The summed E-state index contributed by atoms with van der Waals surface area (Å²) in [5.74, 6) is 0.888. The van der Waals surface area contributed by atoms with E-state index in [1.165, 1.54) is 35.0 Å². The Morgan fingerprint density at radius 3 is 2.63 bits per heavy atom. The Morgan fingerprint density at radius 1 is 1.26 bits per heavy atom. The summed E-state index contributed by atoms with van der Waals surface area (Å²) in [6, 6.07) is 7.08. The number of nitrogens with one attached hydrogen (secondary N) is 1.